The van der Waals surface area contributed by atoms with E-state index in [4.69, 9.17) is 5.73 Å². The number of Topliss-reactive ketones (excluding diaryl/α,β-unsaturated/α-hetero) is 1. The molecule has 0 heterocycles. The Balaban J connectivity index is 2.07. The monoisotopic (exact) mass is 203 g/mol. The van der Waals surface area contributed by atoms with Crippen molar-refractivity contribution < 1.29 is 4.79 Å². The van der Waals surface area contributed by atoms with Gasteiger partial charge in [0, 0.05) is 5.92 Å². The van der Waals surface area contributed by atoms with Gasteiger partial charge in [-0.1, -0.05) is 43.2 Å². The summed E-state index contributed by atoms with van der Waals surface area (Å²) in [5, 5.41) is 0. The van der Waals surface area contributed by atoms with Crippen molar-refractivity contribution in [3.63, 3.8) is 0 Å². The summed E-state index contributed by atoms with van der Waals surface area (Å²) in [6.07, 6.45) is 4.41. The number of hydrogen-bond donors (Lipinski definition) is 1. The minimum atomic E-state index is -0.422. The third-order valence-electron chi connectivity index (χ3n) is 3.22. The second-order valence-electron chi connectivity index (χ2n) is 4.27. The first kappa shape index (κ1) is 10.4. The predicted molar refractivity (Wildman–Crippen MR) is 60.3 cm³/mol. The van der Waals surface area contributed by atoms with E-state index in [1.54, 1.807) is 0 Å². The summed E-state index contributed by atoms with van der Waals surface area (Å²) in [5.41, 5.74) is 6.91. The van der Waals surface area contributed by atoms with Gasteiger partial charge in [0.05, 0.1) is 6.04 Å². The molecule has 0 unspecified atom stereocenters. The third-order valence-corrected chi connectivity index (χ3v) is 3.22. The van der Waals surface area contributed by atoms with Crippen molar-refractivity contribution in [3.05, 3.63) is 35.9 Å². The maximum atomic E-state index is 12.0. The number of carbonyl (C=O) groups is 1. The molecule has 15 heavy (non-hydrogen) atoms. The molecule has 0 amide bonds. The van der Waals surface area contributed by atoms with Gasteiger partial charge in [0.15, 0.2) is 5.78 Å². The van der Waals surface area contributed by atoms with Gasteiger partial charge in [-0.15, -0.1) is 0 Å². The SMILES string of the molecule is N[C@@H](C(=O)C1CCCC1)c1ccccc1. The molecule has 0 aliphatic heterocycles. The number of carbonyl (C=O) groups excluding carboxylic acids is 1. The van der Waals surface area contributed by atoms with E-state index in [0.29, 0.717) is 0 Å². The second kappa shape index (κ2) is 4.58. The van der Waals surface area contributed by atoms with Crippen LogP contribution in [-0.4, -0.2) is 5.78 Å². The largest absolute Gasteiger partial charge is 0.318 e. The first-order chi connectivity index (χ1) is 7.29. The molecule has 0 radical (unpaired) electrons. The van der Waals surface area contributed by atoms with Crippen LogP contribution >= 0.6 is 0 Å². The number of benzene rings is 1. The molecule has 2 heteroatoms. The Bertz CT molecular complexity index is 328. The van der Waals surface area contributed by atoms with Crippen LogP contribution in [0.2, 0.25) is 0 Å². The van der Waals surface area contributed by atoms with Crippen LogP contribution in [0, 0.1) is 5.92 Å². The third kappa shape index (κ3) is 2.26. The Labute approximate surface area is 90.5 Å². The number of ketones is 1. The smallest absolute Gasteiger partial charge is 0.157 e. The molecule has 0 bridgehead atoms. The average Bonchev–Trinajstić information content (AvgIpc) is 2.82. The topological polar surface area (TPSA) is 43.1 Å². The summed E-state index contributed by atoms with van der Waals surface area (Å²) < 4.78 is 0. The zero-order valence-electron chi connectivity index (χ0n) is 8.86. The van der Waals surface area contributed by atoms with E-state index >= 15 is 0 Å². The molecule has 2 nitrogen and oxygen atoms in total. The molecule has 1 aromatic rings. The Kier molecular flexibility index (Phi) is 3.17. The van der Waals surface area contributed by atoms with E-state index in [1.807, 2.05) is 30.3 Å². The summed E-state index contributed by atoms with van der Waals surface area (Å²) in [7, 11) is 0. The highest BCUT2D eigenvalue weighted by Gasteiger charge is 2.27. The molecule has 2 N–H and O–H groups in total. The van der Waals surface area contributed by atoms with Crippen molar-refractivity contribution in [1.29, 1.82) is 0 Å². The minimum Gasteiger partial charge on any atom is -0.318 e. The maximum Gasteiger partial charge on any atom is 0.157 e. The molecule has 1 aromatic carbocycles. The van der Waals surface area contributed by atoms with Gasteiger partial charge in [-0.3, -0.25) is 4.79 Å². The Hall–Kier alpha value is -1.15. The standard InChI is InChI=1S/C13H17NO/c14-12(10-6-2-1-3-7-10)13(15)11-8-4-5-9-11/h1-3,6-7,11-12H,4-5,8-9,14H2/t12-/m1/s1. The van der Waals surface area contributed by atoms with Gasteiger partial charge in [-0.05, 0) is 18.4 Å². The normalized spacial score (nSPS) is 19.0. The fraction of sp³-hybridized carbons (Fsp3) is 0.462. The fourth-order valence-corrected chi connectivity index (χ4v) is 2.29. The van der Waals surface area contributed by atoms with Crippen LogP contribution in [0.3, 0.4) is 0 Å². The van der Waals surface area contributed by atoms with Crippen LogP contribution in [0.5, 0.6) is 0 Å². The van der Waals surface area contributed by atoms with Crippen LogP contribution in [-0.2, 0) is 4.79 Å². The molecular weight excluding hydrogens is 186 g/mol. The lowest BCUT2D eigenvalue weighted by atomic mass is 9.93. The summed E-state index contributed by atoms with van der Waals surface area (Å²) in [6.45, 7) is 0. The molecule has 0 spiro atoms. The highest BCUT2D eigenvalue weighted by atomic mass is 16.1. The quantitative estimate of drug-likeness (QED) is 0.820. The van der Waals surface area contributed by atoms with Crippen molar-refractivity contribution in [3.8, 4) is 0 Å². The van der Waals surface area contributed by atoms with E-state index in [2.05, 4.69) is 0 Å². The zero-order chi connectivity index (χ0) is 10.7. The van der Waals surface area contributed by atoms with Crippen LogP contribution < -0.4 is 5.73 Å². The molecule has 1 saturated carbocycles. The summed E-state index contributed by atoms with van der Waals surface area (Å²) in [6, 6.07) is 9.23. The first-order valence-corrected chi connectivity index (χ1v) is 5.63. The van der Waals surface area contributed by atoms with E-state index in [1.165, 1.54) is 12.8 Å². The molecule has 1 atom stereocenters. The number of nitrogens with two attached hydrogens (primary N) is 1. The van der Waals surface area contributed by atoms with E-state index in [0.717, 1.165) is 18.4 Å². The lowest BCUT2D eigenvalue weighted by Crippen LogP contribution is -2.26. The highest BCUT2D eigenvalue weighted by molar-refractivity contribution is 5.87. The Morgan fingerprint density at radius 3 is 2.40 bits per heavy atom. The number of rotatable bonds is 3. The molecule has 2 rings (SSSR count). The lowest BCUT2D eigenvalue weighted by Gasteiger charge is -2.15. The minimum absolute atomic E-state index is 0.209. The van der Waals surface area contributed by atoms with Crippen molar-refractivity contribution in [2.24, 2.45) is 11.7 Å². The van der Waals surface area contributed by atoms with E-state index in [9.17, 15) is 4.79 Å². The van der Waals surface area contributed by atoms with E-state index < -0.39 is 6.04 Å². The fourth-order valence-electron chi connectivity index (χ4n) is 2.29. The van der Waals surface area contributed by atoms with Gasteiger partial charge in [0.25, 0.3) is 0 Å². The van der Waals surface area contributed by atoms with Gasteiger partial charge < -0.3 is 5.73 Å². The molecule has 1 aliphatic carbocycles. The molecule has 1 fully saturated rings. The maximum absolute atomic E-state index is 12.0. The second-order valence-corrected chi connectivity index (χ2v) is 4.27. The summed E-state index contributed by atoms with van der Waals surface area (Å²) >= 11 is 0. The van der Waals surface area contributed by atoms with Crippen LogP contribution in [0.1, 0.15) is 37.3 Å². The van der Waals surface area contributed by atoms with Gasteiger partial charge in [-0.2, -0.15) is 0 Å². The van der Waals surface area contributed by atoms with Crippen molar-refractivity contribution in [2.75, 3.05) is 0 Å². The first-order valence-electron chi connectivity index (χ1n) is 5.63. The van der Waals surface area contributed by atoms with Gasteiger partial charge in [-0.25, -0.2) is 0 Å². The molecule has 0 aromatic heterocycles. The predicted octanol–water partition coefficient (Wildman–Crippen LogP) is 2.45. The van der Waals surface area contributed by atoms with Crippen LogP contribution in [0.25, 0.3) is 0 Å². The van der Waals surface area contributed by atoms with Gasteiger partial charge in [0.2, 0.25) is 0 Å². The molecule has 80 valence electrons. The molecule has 0 saturated heterocycles. The highest BCUT2D eigenvalue weighted by Crippen LogP contribution is 2.29. The molecule has 1 aliphatic rings. The zero-order valence-corrected chi connectivity index (χ0v) is 8.86. The van der Waals surface area contributed by atoms with Gasteiger partial charge >= 0.3 is 0 Å². The van der Waals surface area contributed by atoms with Crippen molar-refractivity contribution >= 4 is 5.78 Å². The lowest BCUT2D eigenvalue weighted by molar-refractivity contribution is -0.124. The summed E-state index contributed by atoms with van der Waals surface area (Å²) in [4.78, 5) is 12.0. The van der Waals surface area contributed by atoms with Gasteiger partial charge in [0.1, 0.15) is 0 Å². The molecular formula is C13H17NO. The average molecular weight is 203 g/mol. The van der Waals surface area contributed by atoms with Crippen molar-refractivity contribution in [2.45, 2.75) is 31.7 Å². The van der Waals surface area contributed by atoms with Crippen LogP contribution in [0.4, 0.5) is 0 Å². The number of hydrogen-bond acceptors (Lipinski definition) is 2. The van der Waals surface area contributed by atoms with E-state index in [-0.39, 0.29) is 11.7 Å². The summed E-state index contributed by atoms with van der Waals surface area (Å²) in [5.74, 6) is 0.430. The Morgan fingerprint density at radius 2 is 1.80 bits per heavy atom. The van der Waals surface area contributed by atoms with Crippen molar-refractivity contribution in [1.82, 2.24) is 0 Å². The van der Waals surface area contributed by atoms with Crippen LogP contribution in [0.15, 0.2) is 30.3 Å². The Morgan fingerprint density at radius 1 is 1.20 bits per heavy atom.